The normalized spacial score (nSPS) is 17.6. The molecule has 2 aromatic rings. The van der Waals surface area contributed by atoms with Crippen LogP contribution in [-0.4, -0.2) is 60.5 Å². The number of likely N-dealkylation sites (N-methyl/N-ethyl adjacent to an activating group) is 1. The van der Waals surface area contributed by atoms with Gasteiger partial charge in [0.05, 0.1) is 23.6 Å². The van der Waals surface area contributed by atoms with Gasteiger partial charge in [0.2, 0.25) is 5.91 Å². The highest BCUT2D eigenvalue weighted by Crippen LogP contribution is 2.23. The van der Waals surface area contributed by atoms with E-state index in [1.807, 2.05) is 25.1 Å². The molecule has 0 aliphatic carbocycles. The lowest BCUT2D eigenvalue weighted by atomic mass is 10.1. The Labute approximate surface area is 159 Å². The zero-order chi connectivity index (χ0) is 19.4. The van der Waals surface area contributed by atoms with Crippen molar-refractivity contribution in [1.82, 2.24) is 20.1 Å². The number of carbonyl (C=O) groups is 1. The van der Waals surface area contributed by atoms with Crippen molar-refractivity contribution >= 4 is 17.3 Å². The minimum absolute atomic E-state index is 0.0439. The summed E-state index contributed by atoms with van der Waals surface area (Å²) in [5, 5.41) is 6.32. The maximum Gasteiger partial charge on any atom is 0.240 e. The van der Waals surface area contributed by atoms with Crippen LogP contribution < -0.4 is 10.6 Å². The number of piperazine rings is 1. The number of nitrogens with zero attached hydrogens (tertiary/aromatic N) is 3. The van der Waals surface area contributed by atoms with Crippen molar-refractivity contribution < 1.29 is 9.18 Å². The largest absolute Gasteiger partial charge is 0.352 e. The molecule has 1 saturated heterocycles. The van der Waals surface area contributed by atoms with Gasteiger partial charge in [-0.25, -0.2) is 4.39 Å². The lowest BCUT2D eigenvalue weighted by Gasteiger charge is -2.34. The summed E-state index contributed by atoms with van der Waals surface area (Å²) in [7, 11) is 3.50. The molecule has 1 amide bonds. The van der Waals surface area contributed by atoms with E-state index in [0.717, 1.165) is 17.9 Å². The van der Waals surface area contributed by atoms with E-state index >= 15 is 0 Å². The quantitative estimate of drug-likeness (QED) is 0.843. The Morgan fingerprint density at radius 3 is 2.89 bits per heavy atom. The predicted octanol–water partition coefficient (Wildman–Crippen LogP) is 2.13. The first-order valence-corrected chi connectivity index (χ1v) is 9.08. The number of anilines is 2. The molecule has 1 aliphatic rings. The number of nitrogens with one attached hydrogen (secondary N) is 2. The summed E-state index contributed by atoms with van der Waals surface area (Å²) >= 11 is 0. The van der Waals surface area contributed by atoms with Crippen LogP contribution in [0, 0.1) is 12.7 Å². The third-order valence-electron chi connectivity index (χ3n) is 4.66. The Bertz CT molecular complexity index is 793. The van der Waals surface area contributed by atoms with Crippen molar-refractivity contribution in [2.24, 2.45) is 0 Å². The van der Waals surface area contributed by atoms with Gasteiger partial charge in [-0.1, -0.05) is 12.1 Å². The summed E-state index contributed by atoms with van der Waals surface area (Å²) in [4.78, 5) is 20.1. The highest BCUT2D eigenvalue weighted by molar-refractivity contribution is 5.81. The number of carbonyl (C=O) groups excluding carboxylic acids is 1. The molecular weight excluding hydrogens is 345 g/mol. The first kappa shape index (κ1) is 19.3. The highest BCUT2D eigenvalue weighted by atomic mass is 19.1. The molecule has 0 bridgehead atoms. The van der Waals surface area contributed by atoms with E-state index in [1.54, 1.807) is 37.3 Å². The maximum atomic E-state index is 15.0. The Hall–Kier alpha value is -2.51. The van der Waals surface area contributed by atoms with Gasteiger partial charge in [-0.05, 0) is 25.1 Å². The van der Waals surface area contributed by atoms with Crippen LogP contribution in [0.15, 0.2) is 36.5 Å². The molecule has 0 unspecified atom stereocenters. The molecule has 0 saturated carbocycles. The number of halogens is 1. The lowest BCUT2D eigenvalue weighted by Crippen LogP contribution is -2.56. The molecule has 7 heteroatoms. The Balaban J connectivity index is 1.70. The molecular formula is C20H26FN5O. The van der Waals surface area contributed by atoms with E-state index in [1.165, 1.54) is 0 Å². The molecule has 27 heavy (non-hydrogen) atoms. The van der Waals surface area contributed by atoms with Crippen LogP contribution >= 0.6 is 0 Å². The van der Waals surface area contributed by atoms with E-state index in [2.05, 4.69) is 20.5 Å². The second-order valence-corrected chi connectivity index (χ2v) is 7.07. The third-order valence-corrected chi connectivity index (χ3v) is 4.66. The van der Waals surface area contributed by atoms with Gasteiger partial charge in [0, 0.05) is 51.5 Å². The molecule has 1 fully saturated rings. The summed E-state index contributed by atoms with van der Waals surface area (Å²) < 4.78 is 15.0. The van der Waals surface area contributed by atoms with Crippen molar-refractivity contribution in [2.75, 3.05) is 39.0 Å². The van der Waals surface area contributed by atoms with Crippen LogP contribution in [0.25, 0.3) is 0 Å². The highest BCUT2D eigenvalue weighted by Gasteiger charge is 2.27. The van der Waals surface area contributed by atoms with E-state index in [-0.39, 0.29) is 17.8 Å². The summed E-state index contributed by atoms with van der Waals surface area (Å²) in [6, 6.07) is 8.85. The van der Waals surface area contributed by atoms with Crippen LogP contribution in [0.4, 0.5) is 15.8 Å². The zero-order valence-corrected chi connectivity index (χ0v) is 16.0. The van der Waals surface area contributed by atoms with Crippen LogP contribution in [0.1, 0.15) is 11.3 Å². The van der Waals surface area contributed by atoms with Crippen LogP contribution in [0.3, 0.4) is 0 Å². The number of benzene rings is 1. The molecule has 144 valence electrons. The van der Waals surface area contributed by atoms with Crippen molar-refractivity contribution in [2.45, 2.75) is 19.5 Å². The first-order chi connectivity index (χ1) is 12.9. The topological polar surface area (TPSA) is 60.5 Å². The van der Waals surface area contributed by atoms with Crippen molar-refractivity contribution in [3.63, 3.8) is 0 Å². The monoisotopic (exact) mass is 371 g/mol. The van der Waals surface area contributed by atoms with E-state index in [0.29, 0.717) is 30.9 Å². The number of hydrogen-bond donors (Lipinski definition) is 2. The fraction of sp³-hybridized carbons (Fsp3) is 0.400. The SMILES string of the molecule is Cc1ccc(Nc2cccc(CN3CCN[C@H](C(=O)N(C)C)C3)c2F)cn1. The Morgan fingerprint density at radius 1 is 1.37 bits per heavy atom. The minimum Gasteiger partial charge on any atom is -0.352 e. The zero-order valence-electron chi connectivity index (χ0n) is 16.0. The van der Waals surface area contributed by atoms with E-state index in [9.17, 15) is 9.18 Å². The first-order valence-electron chi connectivity index (χ1n) is 9.08. The molecule has 6 nitrogen and oxygen atoms in total. The molecule has 1 aromatic heterocycles. The summed E-state index contributed by atoms with van der Waals surface area (Å²) in [6.07, 6.45) is 1.69. The number of aryl methyl sites for hydroxylation is 1. The molecule has 0 spiro atoms. The van der Waals surface area contributed by atoms with E-state index < -0.39 is 0 Å². The average Bonchev–Trinajstić information content (AvgIpc) is 2.66. The maximum absolute atomic E-state index is 15.0. The fourth-order valence-electron chi connectivity index (χ4n) is 3.17. The van der Waals surface area contributed by atoms with Gasteiger partial charge in [-0.15, -0.1) is 0 Å². The van der Waals surface area contributed by atoms with Crippen LogP contribution in [-0.2, 0) is 11.3 Å². The molecule has 2 heterocycles. The van der Waals surface area contributed by atoms with Crippen molar-refractivity contribution in [3.05, 3.63) is 53.6 Å². The number of aromatic nitrogens is 1. The number of rotatable bonds is 5. The van der Waals surface area contributed by atoms with Crippen molar-refractivity contribution in [3.8, 4) is 0 Å². The van der Waals surface area contributed by atoms with Crippen LogP contribution in [0.5, 0.6) is 0 Å². The van der Waals surface area contributed by atoms with Crippen molar-refractivity contribution in [1.29, 1.82) is 0 Å². The number of hydrogen-bond acceptors (Lipinski definition) is 5. The lowest BCUT2D eigenvalue weighted by molar-refractivity contribution is -0.132. The minimum atomic E-state index is -0.271. The molecule has 1 atom stereocenters. The molecule has 3 rings (SSSR count). The van der Waals surface area contributed by atoms with Gasteiger partial charge < -0.3 is 15.5 Å². The van der Waals surface area contributed by atoms with Gasteiger partial charge in [-0.2, -0.15) is 0 Å². The smallest absolute Gasteiger partial charge is 0.240 e. The number of pyridine rings is 1. The predicted molar refractivity (Wildman–Crippen MR) is 104 cm³/mol. The van der Waals surface area contributed by atoms with Gasteiger partial charge in [0.1, 0.15) is 0 Å². The van der Waals surface area contributed by atoms with Gasteiger partial charge in [0.25, 0.3) is 0 Å². The Morgan fingerprint density at radius 2 is 2.19 bits per heavy atom. The average molecular weight is 371 g/mol. The Kier molecular flexibility index (Phi) is 6.03. The van der Waals surface area contributed by atoms with Gasteiger partial charge >= 0.3 is 0 Å². The molecule has 2 N–H and O–H groups in total. The fourth-order valence-corrected chi connectivity index (χ4v) is 3.17. The molecule has 1 aromatic carbocycles. The van der Waals surface area contributed by atoms with Crippen LogP contribution in [0.2, 0.25) is 0 Å². The summed E-state index contributed by atoms with van der Waals surface area (Å²) in [5.41, 5.74) is 2.69. The van der Waals surface area contributed by atoms with E-state index in [4.69, 9.17) is 0 Å². The molecule has 0 radical (unpaired) electrons. The van der Waals surface area contributed by atoms with Gasteiger partial charge in [0.15, 0.2) is 5.82 Å². The number of amides is 1. The van der Waals surface area contributed by atoms with Gasteiger partial charge in [-0.3, -0.25) is 14.7 Å². The third kappa shape index (κ3) is 4.81. The summed E-state index contributed by atoms with van der Waals surface area (Å²) in [6.45, 7) is 4.42. The second kappa shape index (κ2) is 8.45. The second-order valence-electron chi connectivity index (χ2n) is 7.07. The summed E-state index contributed by atoms with van der Waals surface area (Å²) in [5.74, 6) is -0.227. The standard InChI is InChI=1S/C20H26FN5O/c1-14-7-8-16(11-23-14)24-17-6-4-5-15(19(17)21)12-26-10-9-22-18(13-26)20(27)25(2)3/h4-8,11,18,22,24H,9-10,12-13H2,1-3H3/t18-/m0/s1. The molecule has 1 aliphatic heterocycles.